The number of nitriles is 1. The summed E-state index contributed by atoms with van der Waals surface area (Å²) in [5.74, 6) is -2.88. The first kappa shape index (κ1) is 27.3. The molecule has 4 N–H and O–H groups in total. The summed E-state index contributed by atoms with van der Waals surface area (Å²) in [7, 11) is 3.29. The number of aromatic nitrogens is 3. The molecule has 1 aliphatic rings. The molecular formula is C25H23FN6O6. The number of nitrogens with zero attached hydrogens (tertiary/aromatic N) is 5. The molecule has 0 saturated carbocycles. The van der Waals surface area contributed by atoms with Crippen LogP contribution >= 0.6 is 0 Å². The summed E-state index contributed by atoms with van der Waals surface area (Å²) in [6.45, 7) is 1.86. The first-order valence-electron chi connectivity index (χ1n) is 11.0. The molecule has 3 heterocycles. The number of carboxylic acid groups (broad SMARTS) is 2. The molecule has 0 radical (unpaired) electrons. The number of ether oxygens (including phenoxy) is 1. The zero-order valence-electron chi connectivity index (χ0n) is 20.5. The smallest absolute Gasteiger partial charge is 0.328 e. The van der Waals surface area contributed by atoms with Crippen LogP contribution in [0.1, 0.15) is 40.3 Å². The first-order valence-corrected chi connectivity index (χ1v) is 11.0. The van der Waals surface area contributed by atoms with Gasteiger partial charge in [-0.15, -0.1) is 0 Å². The Morgan fingerprint density at radius 2 is 1.89 bits per heavy atom. The predicted molar refractivity (Wildman–Crippen MR) is 131 cm³/mol. The molecule has 3 aromatic rings. The first-order chi connectivity index (χ1) is 17.9. The highest BCUT2D eigenvalue weighted by Crippen LogP contribution is 2.35. The Bertz CT molecular complexity index is 1480. The number of carbonyl (C=O) groups excluding carboxylic acids is 1. The summed E-state index contributed by atoms with van der Waals surface area (Å²) in [6.07, 6.45) is 1.98. The summed E-state index contributed by atoms with van der Waals surface area (Å²) in [5, 5.41) is 29.7. The third-order valence-corrected chi connectivity index (χ3v) is 5.48. The van der Waals surface area contributed by atoms with Gasteiger partial charge in [0.15, 0.2) is 11.6 Å². The highest BCUT2D eigenvalue weighted by Gasteiger charge is 2.27. The van der Waals surface area contributed by atoms with Crippen LogP contribution in [-0.4, -0.2) is 54.8 Å². The number of aryl methyl sites for hydroxylation is 1. The van der Waals surface area contributed by atoms with Crippen molar-refractivity contribution in [1.82, 2.24) is 19.7 Å². The SMILES string of the molecule is C[C@H]1Oc2cc(cnc2N)-c2c(nn(C)c2C#N)CN(C)C(=O)c2ccc(F)cc21.O=C(O)/C=C\C(=O)O. The van der Waals surface area contributed by atoms with Crippen molar-refractivity contribution in [3.05, 3.63) is 70.9 Å². The average molecular weight is 522 g/mol. The number of amides is 1. The van der Waals surface area contributed by atoms with Crippen LogP contribution in [0.2, 0.25) is 0 Å². The van der Waals surface area contributed by atoms with Gasteiger partial charge in [0.05, 0.1) is 12.2 Å². The molecule has 196 valence electrons. The van der Waals surface area contributed by atoms with E-state index in [1.807, 2.05) is 0 Å². The number of anilines is 1. The molecule has 0 fully saturated rings. The standard InChI is InChI=1S/C21H19FN6O2.C4H4O4/c1-11-15-7-13(22)4-5-14(15)21(29)27(2)10-16-19(17(8-23)28(3)26-16)12-6-18(30-11)20(24)25-9-12;5-3(6)1-2-4(7)8/h4-7,9,11H,10H2,1-3H3,(H2,24,25);1-2H,(H,5,6)(H,7,8)/b;2-1-/t11-;/m1./s1. The number of nitrogens with two attached hydrogens (primary N) is 1. The Kier molecular flexibility index (Phi) is 8.07. The van der Waals surface area contributed by atoms with E-state index in [0.717, 1.165) is 0 Å². The van der Waals surface area contributed by atoms with Gasteiger partial charge in [0, 0.05) is 54.7 Å². The van der Waals surface area contributed by atoms with Crippen LogP contribution in [0, 0.1) is 17.1 Å². The van der Waals surface area contributed by atoms with Crippen molar-refractivity contribution in [3.63, 3.8) is 0 Å². The fourth-order valence-electron chi connectivity index (χ4n) is 3.77. The highest BCUT2D eigenvalue weighted by molar-refractivity contribution is 5.96. The van der Waals surface area contributed by atoms with Gasteiger partial charge in [-0.2, -0.15) is 10.4 Å². The van der Waals surface area contributed by atoms with Crippen molar-refractivity contribution in [1.29, 1.82) is 5.26 Å². The Hall–Kier alpha value is -5.25. The second-order valence-electron chi connectivity index (χ2n) is 8.18. The zero-order valence-corrected chi connectivity index (χ0v) is 20.5. The van der Waals surface area contributed by atoms with Crippen LogP contribution in [0.25, 0.3) is 11.1 Å². The molecule has 12 nitrogen and oxygen atoms in total. The minimum Gasteiger partial charge on any atom is -0.482 e. The summed E-state index contributed by atoms with van der Waals surface area (Å²) in [4.78, 5) is 38.0. The van der Waals surface area contributed by atoms with Crippen LogP contribution in [0.15, 0.2) is 42.6 Å². The van der Waals surface area contributed by atoms with Gasteiger partial charge in [-0.05, 0) is 31.2 Å². The average Bonchev–Trinajstić information content (AvgIpc) is 3.17. The van der Waals surface area contributed by atoms with Gasteiger partial charge in [0.25, 0.3) is 5.91 Å². The molecule has 0 unspecified atom stereocenters. The van der Waals surface area contributed by atoms with Gasteiger partial charge in [0.1, 0.15) is 23.7 Å². The zero-order chi connectivity index (χ0) is 28.1. The van der Waals surface area contributed by atoms with Crippen LogP contribution in [0.3, 0.4) is 0 Å². The summed E-state index contributed by atoms with van der Waals surface area (Å²) in [6, 6.07) is 7.79. The Morgan fingerprint density at radius 3 is 2.50 bits per heavy atom. The number of carbonyl (C=O) groups is 3. The van der Waals surface area contributed by atoms with Gasteiger partial charge in [0.2, 0.25) is 0 Å². The van der Waals surface area contributed by atoms with E-state index < -0.39 is 23.9 Å². The molecule has 13 heteroatoms. The number of halogens is 1. The van der Waals surface area contributed by atoms with E-state index in [0.29, 0.717) is 45.8 Å². The molecule has 4 rings (SSSR count). The molecule has 2 aromatic heterocycles. The quantitative estimate of drug-likeness (QED) is 0.422. The van der Waals surface area contributed by atoms with Crippen LogP contribution in [-0.2, 0) is 23.2 Å². The molecule has 2 bridgehead atoms. The molecule has 1 aliphatic heterocycles. The maximum Gasteiger partial charge on any atom is 0.328 e. The van der Waals surface area contributed by atoms with E-state index in [4.69, 9.17) is 20.7 Å². The van der Waals surface area contributed by atoms with Gasteiger partial charge in [-0.25, -0.2) is 19.0 Å². The van der Waals surface area contributed by atoms with E-state index >= 15 is 0 Å². The largest absolute Gasteiger partial charge is 0.482 e. The van der Waals surface area contributed by atoms with Crippen molar-refractivity contribution < 1.29 is 33.7 Å². The minimum atomic E-state index is -1.26. The van der Waals surface area contributed by atoms with E-state index in [1.165, 1.54) is 34.0 Å². The number of benzene rings is 1. The molecular weight excluding hydrogens is 499 g/mol. The number of hydrogen-bond acceptors (Lipinski definition) is 8. The minimum absolute atomic E-state index is 0.146. The monoisotopic (exact) mass is 522 g/mol. The summed E-state index contributed by atoms with van der Waals surface area (Å²) >= 11 is 0. The van der Waals surface area contributed by atoms with E-state index in [9.17, 15) is 24.0 Å². The lowest BCUT2D eigenvalue weighted by atomic mass is 10.00. The lowest BCUT2D eigenvalue weighted by molar-refractivity contribution is -0.134. The van der Waals surface area contributed by atoms with Gasteiger partial charge in [-0.1, -0.05) is 0 Å². The molecule has 0 saturated heterocycles. The van der Waals surface area contributed by atoms with Gasteiger partial charge in [-0.3, -0.25) is 9.48 Å². The van der Waals surface area contributed by atoms with Crippen molar-refractivity contribution in [2.75, 3.05) is 12.8 Å². The number of rotatable bonds is 2. The molecule has 0 aliphatic carbocycles. The third kappa shape index (κ3) is 5.93. The maximum absolute atomic E-state index is 14.0. The Morgan fingerprint density at radius 1 is 1.24 bits per heavy atom. The van der Waals surface area contributed by atoms with E-state index in [-0.39, 0.29) is 24.0 Å². The summed E-state index contributed by atoms with van der Waals surface area (Å²) in [5.41, 5.74) is 8.72. The fraction of sp³-hybridized carbons (Fsp3) is 0.200. The third-order valence-electron chi connectivity index (χ3n) is 5.48. The second-order valence-corrected chi connectivity index (χ2v) is 8.18. The van der Waals surface area contributed by atoms with Crippen LogP contribution in [0.4, 0.5) is 10.2 Å². The van der Waals surface area contributed by atoms with Crippen LogP contribution in [0.5, 0.6) is 5.75 Å². The number of aliphatic carboxylic acids is 2. The Labute approximate surface area is 216 Å². The molecule has 1 atom stereocenters. The number of fused-ring (bicyclic) bond motifs is 5. The molecule has 38 heavy (non-hydrogen) atoms. The molecule has 0 spiro atoms. The Balaban J connectivity index is 0.000000436. The topological polar surface area (TPSA) is 185 Å². The van der Waals surface area contributed by atoms with Crippen molar-refractivity contribution in [2.24, 2.45) is 7.05 Å². The lowest BCUT2D eigenvalue weighted by Gasteiger charge is -2.23. The maximum atomic E-state index is 14.0. The normalized spacial score (nSPS) is 14.6. The van der Waals surface area contributed by atoms with E-state index in [2.05, 4.69) is 16.2 Å². The highest BCUT2D eigenvalue weighted by atomic mass is 19.1. The number of carboxylic acids is 2. The lowest BCUT2D eigenvalue weighted by Crippen LogP contribution is -2.28. The van der Waals surface area contributed by atoms with Crippen LogP contribution < -0.4 is 10.5 Å². The number of pyridine rings is 1. The number of hydrogen-bond donors (Lipinski definition) is 3. The second kappa shape index (κ2) is 11.2. The fourth-order valence-corrected chi connectivity index (χ4v) is 3.77. The molecule has 1 amide bonds. The van der Waals surface area contributed by atoms with Gasteiger partial charge < -0.3 is 25.6 Å². The van der Waals surface area contributed by atoms with E-state index in [1.54, 1.807) is 27.1 Å². The van der Waals surface area contributed by atoms with Crippen molar-refractivity contribution in [2.45, 2.75) is 19.6 Å². The predicted octanol–water partition coefficient (Wildman–Crippen LogP) is 2.51. The molecule has 1 aromatic carbocycles. The van der Waals surface area contributed by atoms with Crippen molar-refractivity contribution >= 4 is 23.7 Å². The summed E-state index contributed by atoms with van der Waals surface area (Å²) < 4.78 is 21.4. The van der Waals surface area contributed by atoms with Crippen molar-refractivity contribution in [3.8, 4) is 22.9 Å². The van der Waals surface area contributed by atoms with Gasteiger partial charge >= 0.3 is 11.9 Å². The number of nitrogen functional groups attached to an aromatic ring is 1.